The van der Waals surface area contributed by atoms with E-state index in [4.69, 9.17) is 0 Å². The molecule has 0 aliphatic heterocycles. The summed E-state index contributed by atoms with van der Waals surface area (Å²) >= 11 is 0. The average molecular weight is 292 g/mol. The van der Waals surface area contributed by atoms with Crippen LogP contribution in [0.15, 0.2) is 18.3 Å². The predicted octanol–water partition coefficient (Wildman–Crippen LogP) is 2.32. The van der Waals surface area contributed by atoms with Gasteiger partial charge >= 0.3 is 0 Å². The Bertz CT molecular complexity index is 444. The Balaban J connectivity index is 2.70. The number of nitrogens with zero attached hydrogens (tertiary/aromatic N) is 3. The van der Waals surface area contributed by atoms with Crippen LogP contribution < -0.4 is 5.32 Å². The van der Waals surface area contributed by atoms with E-state index in [0.29, 0.717) is 24.8 Å². The molecule has 1 rings (SSSR count). The van der Waals surface area contributed by atoms with Crippen LogP contribution in [-0.2, 0) is 0 Å². The number of hydrogen-bond donors (Lipinski definition) is 1. The molecule has 5 nitrogen and oxygen atoms in total. The monoisotopic (exact) mass is 292 g/mol. The zero-order valence-corrected chi connectivity index (χ0v) is 13.9. The van der Waals surface area contributed by atoms with Gasteiger partial charge in [0.1, 0.15) is 5.69 Å². The van der Waals surface area contributed by atoms with Crippen LogP contribution in [0.5, 0.6) is 0 Å². The zero-order valence-electron chi connectivity index (χ0n) is 13.9. The summed E-state index contributed by atoms with van der Waals surface area (Å²) in [5.74, 6) is -0.00963. The molecule has 21 heavy (non-hydrogen) atoms. The first kappa shape index (κ1) is 17.4. The van der Waals surface area contributed by atoms with Crippen LogP contribution in [0.4, 0.5) is 5.69 Å². The van der Waals surface area contributed by atoms with Crippen molar-refractivity contribution >= 4 is 11.6 Å². The van der Waals surface area contributed by atoms with Crippen molar-refractivity contribution in [1.29, 1.82) is 0 Å². The van der Waals surface area contributed by atoms with Gasteiger partial charge in [-0.2, -0.15) is 0 Å². The quantitative estimate of drug-likeness (QED) is 0.799. The van der Waals surface area contributed by atoms with E-state index < -0.39 is 0 Å². The smallest absolute Gasteiger partial charge is 0.272 e. The van der Waals surface area contributed by atoms with Gasteiger partial charge < -0.3 is 15.1 Å². The van der Waals surface area contributed by atoms with Crippen LogP contribution >= 0.6 is 0 Å². The highest BCUT2D eigenvalue weighted by atomic mass is 16.2. The molecule has 0 aliphatic rings. The lowest BCUT2D eigenvalue weighted by Crippen LogP contribution is -2.31. The molecule has 0 spiro atoms. The van der Waals surface area contributed by atoms with E-state index in [1.165, 1.54) is 0 Å². The third-order valence-electron chi connectivity index (χ3n) is 3.45. The van der Waals surface area contributed by atoms with Crippen molar-refractivity contribution in [2.45, 2.75) is 33.2 Å². The third-order valence-corrected chi connectivity index (χ3v) is 3.45. The second-order valence-corrected chi connectivity index (χ2v) is 5.54. The molecule has 0 aromatic carbocycles. The van der Waals surface area contributed by atoms with Gasteiger partial charge in [-0.1, -0.05) is 0 Å². The molecule has 1 unspecified atom stereocenters. The van der Waals surface area contributed by atoms with Gasteiger partial charge in [-0.05, 0) is 60.0 Å². The molecule has 0 fully saturated rings. The number of rotatable bonds is 8. The Morgan fingerprint density at radius 1 is 1.33 bits per heavy atom. The van der Waals surface area contributed by atoms with Crippen molar-refractivity contribution in [2.75, 3.05) is 39.0 Å². The fourth-order valence-corrected chi connectivity index (χ4v) is 2.12. The first-order valence-corrected chi connectivity index (χ1v) is 7.64. The zero-order chi connectivity index (χ0) is 15.8. The molecule has 1 heterocycles. The SMILES string of the molecule is CCN(CC)C(=O)c1cc(NC(C)CCN(C)C)ccn1. The van der Waals surface area contributed by atoms with Crippen molar-refractivity contribution < 1.29 is 4.79 Å². The van der Waals surface area contributed by atoms with Gasteiger partial charge in [0, 0.05) is 31.0 Å². The Morgan fingerprint density at radius 2 is 2.00 bits per heavy atom. The van der Waals surface area contributed by atoms with E-state index in [1.807, 2.05) is 26.0 Å². The van der Waals surface area contributed by atoms with Gasteiger partial charge in [0.2, 0.25) is 0 Å². The van der Waals surface area contributed by atoms with Gasteiger partial charge in [0.25, 0.3) is 5.91 Å². The van der Waals surface area contributed by atoms with Gasteiger partial charge in [0.05, 0.1) is 0 Å². The Morgan fingerprint density at radius 3 is 2.57 bits per heavy atom. The molecule has 0 saturated heterocycles. The topological polar surface area (TPSA) is 48.5 Å². The second-order valence-electron chi connectivity index (χ2n) is 5.54. The van der Waals surface area contributed by atoms with Crippen molar-refractivity contribution in [3.8, 4) is 0 Å². The molecule has 0 aliphatic carbocycles. The van der Waals surface area contributed by atoms with Crippen LogP contribution in [0, 0.1) is 0 Å². The Hall–Kier alpha value is -1.62. The molecule has 5 heteroatoms. The summed E-state index contributed by atoms with van der Waals surface area (Å²) in [6, 6.07) is 4.10. The van der Waals surface area contributed by atoms with Crippen LogP contribution in [0.1, 0.15) is 37.7 Å². The van der Waals surface area contributed by atoms with Gasteiger partial charge in [0.15, 0.2) is 0 Å². The van der Waals surface area contributed by atoms with Crippen LogP contribution in [-0.4, -0.2) is 60.5 Å². The summed E-state index contributed by atoms with van der Waals surface area (Å²) in [6.07, 6.45) is 2.74. The Kier molecular flexibility index (Phi) is 7.15. The number of hydrogen-bond acceptors (Lipinski definition) is 4. The first-order valence-electron chi connectivity index (χ1n) is 7.64. The normalized spacial score (nSPS) is 12.3. The molecule has 1 atom stereocenters. The molecule has 1 N–H and O–H groups in total. The first-order chi connectivity index (χ1) is 9.97. The predicted molar refractivity (Wildman–Crippen MR) is 87.7 cm³/mol. The largest absolute Gasteiger partial charge is 0.382 e. The minimum Gasteiger partial charge on any atom is -0.382 e. The summed E-state index contributed by atoms with van der Waals surface area (Å²) < 4.78 is 0. The minimum absolute atomic E-state index is 0.00963. The van der Waals surface area contributed by atoms with Crippen molar-refractivity contribution in [2.24, 2.45) is 0 Å². The average Bonchev–Trinajstić information content (AvgIpc) is 2.46. The number of pyridine rings is 1. The number of carbonyl (C=O) groups excluding carboxylic acids is 1. The third kappa shape index (κ3) is 5.71. The lowest BCUT2D eigenvalue weighted by Gasteiger charge is -2.20. The fraction of sp³-hybridized carbons (Fsp3) is 0.625. The summed E-state index contributed by atoms with van der Waals surface area (Å²) in [5.41, 5.74) is 1.45. The molecular formula is C16H28N4O. The second kappa shape index (κ2) is 8.62. The van der Waals surface area contributed by atoms with Crippen molar-refractivity contribution in [1.82, 2.24) is 14.8 Å². The van der Waals surface area contributed by atoms with E-state index in [-0.39, 0.29) is 5.91 Å². The number of amides is 1. The summed E-state index contributed by atoms with van der Waals surface area (Å²) in [6.45, 7) is 8.54. The number of nitrogens with one attached hydrogen (secondary N) is 1. The van der Waals surface area contributed by atoms with E-state index in [0.717, 1.165) is 18.7 Å². The maximum absolute atomic E-state index is 12.3. The maximum atomic E-state index is 12.3. The highest BCUT2D eigenvalue weighted by Gasteiger charge is 2.14. The molecule has 0 saturated carbocycles. The molecule has 1 aromatic heterocycles. The number of carbonyl (C=O) groups is 1. The lowest BCUT2D eigenvalue weighted by atomic mass is 10.2. The van der Waals surface area contributed by atoms with Crippen LogP contribution in [0.3, 0.4) is 0 Å². The summed E-state index contributed by atoms with van der Waals surface area (Å²) in [7, 11) is 4.14. The van der Waals surface area contributed by atoms with E-state index in [2.05, 4.69) is 36.2 Å². The van der Waals surface area contributed by atoms with E-state index >= 15 is 0 Å². The molecule has 118 valence electrons. The highest BCUT2D eigenvalue weighted by molar-refractivity contribution is 5.93. The van der Waals surface area contributed by atoms with Crippen molar-refractivity contribution in [3.63, 3.8) is 0 Å². The Labute approximate surface area is 128 Å². The molecule has 1 aromatic rings. The summed E-state index contributed by atoms with van der Waals surface area (Å²) in [5, 5.41) is 3.43. The molecule has 0 bridgehead atoms. The lowest BCUT2D eigenvalue weighted by molar-refractivity contribution is 0.0767. The highest BCUT2D eigenvalue weighted by Crippen LogP contribution is 2.12. The van der Waals surface area contributed by atoms with Crippen LogP contribution in [0.2, 0.25) is 0 Å². The van der Waals surface area contributed by atoms with Crippen molar-refractivity contribution in [3.05, 3.63) is 24.0 Å². The van der Waals surface area contributed by atoms with Gasteiger partial charge in [-0.15, -0.1) is 0 Å². The van der Waals surface area contributed by atoms with E-state index in [9.17, 15) is 4.79 Å². The number of aromatic nitrogens is 1. The van der Waals surface area contributed by atoms with Gasteiger partial charge in [-0.25, -0.2) is 0 Å². The summed E-state index contributed by atoms with van der Waals surface area (Å²) in [4.78, 5) is 20.4. The van der Waals surface area contributed by atoms with Crippen LogP contribution in [0.25, 0.3) is 0 Å². The standard InChI is InChI=1S/C16H28N4O/c1-6-20(7-2)16(21)15-12-14(8-10-17-15)18-13(3)9-11-19(4)5/h8,10,12-13H,6-7,9,11H2,1-5H3,(H,17,18). The molecular weight excluding hydrogens is 264 g/mol. The fourth-order valence-electron chi connectivity index (χ4n) is 2.12. The molecule has 0 radical (unpaired) electrons. The van der Waals surface area contributed by atoms with E-state index in [1.54, 1.807) is 11.1 Å². The maximum Gasteiger partial charge on any atom is 0.272 e. The number of anilines is 1. The molecule has 1 amide bonds. The van der Waals surface area contributed by atoms with Gasteiger partial charge in [-0.3, -0.25) is 9.78 Å². The minimum atomic E-state index is -0.00963.